The van der Waals surface area contributed by atoms with Crippen LogP contribution in [0.25, 0.3) is 11.3 Å². The van der Waals surface area contributed by atoms with Crippen molar-refractivity contribution >= 4 is 149 Å². The number of carbonyl (C=O) groups is 1. The molecule has 7 nitrogen and oxygen atoms in total. The Labute approximate surface area is 786 Å². The fourth-order valence-corrected chi connectivity index (χ4v) is 20.7. The van der Waals surface area contributed by atoms with Crippen LogP contribution in [0.4, 0.5) is 0 Å². The summed E-state index contributed by atoms with van der Waals surface area (Å²) in [5.74, 6) is 0. The van der Waals surface area contributed by atoms with Gasteiger partial charge in [-0.3, -0.25) is 9.78 Å². The van der Waals surface area contributed by atoms with Crippen LogP contribution in [0.3, 0.4) is 0 Å². The van der Waals surface area contributed by atoms with Gasteiger partial charge in [-0.2, -0.15) is 0 Å². The molecule has 2 heterocycles. The van der Waals surface area contributed by atoms with E-state index in [4.69, 9.17) is 54.9 Å². The van der Waals surface area contributed by atoms with Gasteiger partial charge in [0.2, 0.25) is 0 Å². The number of nitrogens with zero attached hydrogens (tertiary/aromatic N) is 2. The third kappa shape index (κ3) is 33.8. The molecule has 0 amide bonds. The Balaban J connectivity index is 0.000000238. The maximum Gasteiger partial charge on any atom is 1.00 e. The van der Waals surface area contributed by atoms with Gasteiger partial charge in [0.15, 0.2) is 0 Å². The second kappa shape index (κ2) is 56.6. The number of pyridine rings is 2. The predicted molar refractivity (Wildman–Crippen MR) is 474 cm³/mol. The van der Waals surface area contributed by atoms with Crippen molar-refractivity contribution < 1.29 is 150 Å². The smallest absolute Gasteiger partial charge is 1.00 e. The van der Waals surface area contributed by atoms with Gasteiger partial charge in [0.05, 0.1) is 5.69 Å². The molecule has 14 aromatic carbocycles. The molecule has 0 aliphatic carbocycles. The topological polar surface area (TPSA) is 116 Å². The Hall–Kier alpha value is -6.68. The van der Waals surface area contributed by atoms with Gasteiger partial charge in [0.25, 0.3) is 6.47 Å². The molecule has 0 unspecified atom stereocenters. The van der Waals surface area contributed by atoms with Gasteiger partial charge in [-0.15, -0.1) is 0 Å². The number of aromatic nitrogens is 2. The maximum absolute atomic E-state index is 8.64. The van der Waals surface area contributed by atoms with E-state index in [0.717, 1.165) is 11.3 Å². The summed E-state index contributed by atoms with van der Waals surface area (Å²) in [4.78, 5) is 19.2. The van der Waals surface area contributed by atoms with Crippen LogP contribution in [0, 0.1) is 0 Å². The van der Waals surface area contributed by atoms with Crippen LogP contribution in [0.1, 0.15) is 1.43 Å². The molecule has 0 saturated carbocycles. The average Bonchev–Trinajstić information content (AvgIpc) is 0.836. The fourth-order valence-electron chi connectivity index (χ4n) is 10.9. The van der Waals surface area contributed by atoms with Gasteiger partial charge in [-0.25, -0.2) is 4.98 Å². The van der Waals surface area contributed by atoms with E-state index in [1.807, 2.05) is 42.5 Å². The van der Waals surface area contributed by atoms with E-state index in [-0.39, 0.29) is 131 Å². The second-order valence-corrected chi connectivity index (χ2v) is 33.5. The van der Waals surface area contributed by atoms with Crippen molar-refractivity contribution in [3.8, 4) is 11.3 Å². The van der Waals surface area contributed by atoms with Gasteiger partial charge in [-0.1, -0.05) is 459 Å². The Kier molecular flexibility index (Phi) is 47.7. The van der Waals surface area contributed by atoms with Crippen LogP contribution in [-0.2, 0) is 30.1 Å². The molecule has 16 aromatic rings. The van der Waals surface area contributed by atoms with Crippen molar-refractivity contribution in [3.63, 3.8) is 0 Å². The Bertz CT molecular complexity index is 4250. The second-order valence-electron chi connectivity index (χ2n) is 23.4. The number of halogens is 3. The van der Waals surface area contributed by atoms with Gasteiger partial charge < -0.3 is 21.6 Å². The molecule has 2 aromatic heterocycles. The van der Waals surface area contributed by atoms with Crippen LogP contribution < -0.4 is 177 Å². The molecule has 0 aliphatic rings. The summed E-state index contributed by atoms with van der Waals surface area (Å²) in [5, 5.41) is 44.1. The van der Waals surface area contributed by atoms with E-state index < -0.39 is 38.8 Å². The summed E-state index contributed by atoms with van der Waals surface area (Å²) in [6, 6.07) is 155. The molecule has 2 N–H and O–H groups in total. The number of benzene rings is 14. The molecule has 0 saturated heterocycles. The summed E-state index contributed by atoms with van der Waals surface area (Å²) in [6.07, 6.45) is 3.27. The van der Waals surface area contributed by atoms with Gasteiger partial charge >= 0.3 is 110 Å². The van der Waals surface area contributed by atoms with E-state index in [1.54, 1.807) is 54.9 Å². The molecule has 0 fully saturated rings. The predicted octanol–water partition coefficient (Wildman–Crippen LogP) is 11.5. The molecule has 113 heavy (non-hydrogen) atoms. The summed E-state index contributed by atoms with van der Waals surface area (Å²) in [5.41, 5.74) is 2.52. The molecule has 0 bridgehead atoms. The van der Waals surface area contributed by atoms with Crippen LogP contribution in [0.15, 0.2) is 461 Å². The van der Waals surface area contributed by atoms with Gasteiger partial charge in [-0.05, 0) is 125 Å². The first kappa shape index (κ1) is 95.2. The van der Waals surface area contributed by atoms with Crippen LogP contribution in [0.2, 0.25) is 15.2 Å². The van der Waals surface area contributed by atoms with Crippen molar-refractivity contribution in [2.45, 2.75) is 0 Å². The molecule has 0 atom stereocenters. The van der Waals surface area contributed by atoms with Crippen molar-refractivity contribution in [1.82, 2.24) is 9.97 Å². The van der Waals surface area contributed by atoms with Crippen molar-refractivity contribution in [1.29, 1.82) is 0 Å². The SMILES string of the molecule is Clc1ccnc(-c2ccccc2)c1.Clc1ccnc(Cl)c1.O=CO[O-].OB(O)c1ccccc1.[H-].[K+].[K+].[Pd].c1ccc(P(c2ccccc2)c2ccccc2)cc1.c1ccc(P(c2ccccc2)c2ccccc2)cc1.c1ccc(P(c2ccccc2)c2ccccc2)cc1.c1ccc(P(c2ccccc2)c2ccccc2)cc1. The van der Waals surface area contributed by atoms with E-state index in [2.05, 4.69) is 379 Å². The minimum atomic E-state index is -1.34. The summed E-state index contributed by atoms with van der Waals surface area (Å²) >= 11 is 16.8. The first-order valence-corrected chi connectivity index (χ1v) is 41.6. The first-order chi connectivity index (χ1) is 54.2. The standard InChI is InChI=1S/4C18H15P.C11H8ClN.C6H7BO2.C5H3Cl2N.CH2O3.2K.Pd.H/c4*1-4-10-16(11-5-1)19(17-12-6-2-7-13-17)18-14-8-3-9-15-18;12-10-6-7-13-11(8-10)9-4-2-1-3-5-9;8-7(9)6-4-2-1-3-5-6;6-4-1-2-8-5(7)3-4;2-1-4-3;;;;/h4*1-15H;1-8H;1-5,8-9H;1-3H;1,3H;;;;/q;;;;;;;;2*+1;;-1/p-1. The Morgan fingerprint density at radius 2 is 0.469 bits per heavy atom. The summed E-state index contributed by atoms with van der Waals surface area (Å²) < 4.78 is 0. The third-order valence-corrected chi connectivity index (χ3v) is 26.2. The first-order valence-electron chi connectivity index (χ1n) is 35.1. The molecule has 556 valence electrons. The minimum Gasteiger partial charge on any atom is -1.00 e. The van der Waals surface area contributed by atoms with Crippen molar-refractivity contribution in [2.24, 2.45) is 0 Å². The normalized spacial score (nSPS) is 9.82. The van der Waals surface area contributed by atoms with E-state index in [0.29, 0.717) is 20.7 Å². The number of hydrogen-bond donors (Lipinski definition) is 2. The number of carbonyl (C=O) groups excluding carboxylic acids is 1. The zero-order valence-corrected chi connectivity index (χ0v) is 75.9. The third-order valence-electron chi connectivity index (χ3n) is 15.8. The molecule has 16 rings (SSSR count). The quantitative estimate of drug-likeness (QED) is 0.0262. The monoisotopic (exact) mass is 1750 g/mol. The van der Waals surface area contributed by atoms with Crippen LogP contribution >= 0.6 is 66.5 Å². The molecule has 0 aliphatic heterocycles. The molecule has 18 heteroatoms. The minimum absolute atomic E-state index is 0. The van der Waals surface area contributed by atoms with Gasteiger partial charge in [0.1, 0.15) is 5.15 Å². The number of hydrogen-bond acceptors (Lipinski definition) is 7. The molecular weight excluding hydrogens is 1670 g/mol. The van der Waals surface area contributed by atoms with E-state index in [1.165, 1.54) is 63.7 Å². The summed E-state index contributed by atoms with van der Waals surface area (Å²) in [7, 11) is -3.13. The molecular formula is C95H80BCl3K2N2O5P4Pd. The maximum atomic E-state index is 8.64. The average molecular weight is 1760 g/mol. The number of rotatable bonds is 15. The van der Waals surface area contributed by atoms with Crippen LogP contribution in [-0.4, -0.2) is 33.6 Å². The zero-order valence-electron chi connectivity index (χ0n) is 63.3. The zero-order chi connectivity index (χ0) is 76.8. The fraction of sp³-hybridized carbons (Fsp3) is 0. The Morgan fingerprint density at radius 3 is 0.619 bits per heavy atom. The van der Waals surface area contributed by atoms with Crippen molar-refractivity contribution in [3.05, 3.63) is 477 Å². The van der Waals surface area contributed by atoms with Crippen molar-refractivity contribution in [2.75, 3.05) is 0 Å². The summed E-state index contributed by atoms with van der Waals surface area (Å²) in [6.45, 7) is -0.181. The van der Waals surface area contributed by atoms with E-state index >= 15 is 0 Å². The largest absolute Gasteiger partial charge is 1.00 e. The van der Waals surface area contributed by atoms with Crippen LogP contribution in [0.5, 0.6) is 0 Å². The van der Waals surface area contributed by atoms with E-state index in [9.17, 15) is 0 Å². The molecule has 0 radical (unpaired) electrons. The Morgan fingerprint density at radius 1 is 0.292 bits per heavy atom. The van der Waals surface area contributed by atoms with Gasteiger partial charge in [0, 0.05) is 48.4 Å². The molecule has 0 spiro atoms.